The summed E-state index contributed by atoms with van der Waals surface area (Å²) in [6, 6.07) is 5.01. The third-order valence-corrected chi connectivity index (χ3v) is 3.06. The van der Waals surface area contributed by atoms with Crippen molar-refractivity contribution in [2.75, 3.05) is 20.1 Å². The minimum atomic E-state index is 0.315. The molecule has 0 aromatic carbocycles. The van der Waals surface area contributed by atoms with E-state index < -0.39 is 0 Å². The molecule has 1 N–H and O–H groups in total. The molecule has 2 unspecified atom stereocenters. The number of likely N-dealkylation sites (tertiary alicyclic amines) is 1. The Balaban J connectivity index is 1.89. The van der Waals surface area contributed by atoms with Crippen LogP contribution in [0.5, 0.6) is 0 Å². The van der Waals surface area contributed by atoms with E-state index in [1.807, 2.05) is 13.0 Å². The van der Waals surface area contributed by atoms with Gasteiger partial charge in [-0.3, -0.25) is 0 Å². The van der Waals surface area contributed by atoms with Gasteiger partial charge in [0.25, 0.3) is 0 Å². The molecule has 84 valence electrons. The van der Waals surface area contributed by atoms with Gasteiger partial charge in [0.05, 0.1) is 6.04 Å². The molecule has 1 saturated heterocycles. The molecular weight excluding hydrogens is 188 g/mol. The van der Waals surface area contributed by atoms with Crippen LogP contribution in [0.4, 0.5) is 0 Å². The van der Waals surface area contributed by atoms with Crippen LogP contribution < -0.4 is 5.32 Å². The molecule has 0 bridgehead atoms. The molecular formula is C12H20N2O. The van der Waals surface area contributed by atoms with Crippen LogP contribution in [0.2, 0.25) is 0 Å². The number of furan rings is 1. The van der Waals surface area contributed by atoms with E-state index in [1.165, 1.54) is 13.0 Å². The number of aryl methyl sites for hydroxylation is 1. The average molecular weight is 208 g/mol. The van der Waals surface area contributed by atoms with Gasteiger partial charge in [-0.05, 0) is 46.0 Å². The summed E-state index contributed by atoms with van der Waals surface area (Å²) < 4.78 is 5.61. The zero-order chi connectivity index (χ0) is 10.8. The lowest BCUT2D eigenvalue weighted by Gasteiger charge is -2.17. The summed E-state index contributed by atoms with van der Waals surface area (Å²) in [5.74, 6) is 2.03. The summed E-state index contributed by atoms with van der Waals surface area (Å²) in [6.45, 7) is 6.49. The first-order valence-electron chi connectivity index (χ1n) is 5.66. The number of likely N-dealkylation sites (N-methyl/N-ethyl adjacent to an activating group) is 1. The smallest absolute Gasteiger partial charge is 0.120 e. The van der Waals surface area contributed by atoms with E-state index in [-0.39, 0.29) is 0 Å². The molecule has 3 heteroatoms. The van der Waals surface area contributed by atoms with Gasteiger partial charge in [0.2, 0.25) is 0 Å². The minimum Gasteiger partial charge on any atom is -0.465 e. The van der Waals surface area contributed by atoms with E-state index >= 15 is 0 Å². The fraction of sp³-hybridized carbons (Fsp3) is 0.667. The fourth-order valence-electron chi connectivity index (χ4n) is 2.19. The molecule has 2 atom stereocenters. The third-order valence-electron chi connectivity index (χ3n) is 3.06. The first-order chi connectivity index (χ1) is 7.15. The standard InChI is InChI=1S/C12H20N2O/c1-9-4-5-12(15-9)10(2)13-11-6-7-14(3)8-11/h4-5,10-11,13H,6-8H2,1-3H3. The van der Waals surface area contributed by atoms with Crippen LogP contribution in [-0.2, 0) is 0 Å². The third kappa shape index (κ3) is 2.61. The number of hydrogen-bond donors (Lipinski definition) is 1. The highest BCUT2D eigenvalue weighted by Gasteiger charge is 2.22. The van der Waals surface area contributed by atoms with Crippen LogP contribution in [0.15, 0.2) is 16.5 Å². The van der Waals surface area contributed by atoms with Crippen LogP contribution in [0.3, 0.4) is 0 Å². The summed E-state index contributed by atoms with van der Waals surface area (Å²) in [5, 5.41) is 3.60. The van der Waals surface area contributed by atoms with Gasteiger partial charge in [-0.2, -0.15) is 0 Å². The van der Waals surface area contributed by atoms with Crippen molar-refractivity contribution in [1.29, 1.82) is 0 Å². The first kappa shape index (κ1) is 10.7. The van der Waals surface area contributed by atoms with Crippen molar-refractivity contribution in [1.82, 2.24) is 10.2 Å². The zero-order valence-electron chi connectivity index (χ0n) is 9.79. The van der Waals surface area contributed by atoms with E-state index in [2.05, 4.69) is 30.3 Å². The van der Waals surface area contributed by atoms with E-state index in [0.717, 1.165) is 18.1 Å². The van der Waals surface area contributed by atoms with Gasteiger partial charge in [-0.25, -0.2) is 0 Å². The van der Waals surface area contributed by atoms with Crippen LogP contribution in [-0.4, -0.2) is 31.1 Å². The van der Waals surface area contributed by atoms with Crippen molar-refractivity contribution in [2.24, 2.45) is 0 Å². The number of nitrogens with one attached hydrogen (secondary N) is 1. The molecule has 0 radical (unpaired) electrons. The van der Waals surface area contributed by atoms with Crippen molar-refractivity contribution in [3.63, 3.8) is 0 Å². The summed E-state index contributed by atoms with van der Waals surface area (Å²) in [7, 11) is 2.17. The van der Waals surface area contributed by atoms with Crippen LogP contribution in [0.1, 0.15) is 30.9 Å². The van der Waals surface area contributed by atoms with E-state index in [9.17, 15) is 0 Å². The quantitative estimate of drug-likeness (QED) is 0.823. The van der Waals surface area contributed by atoms with Gasteiger partial charge in [0, 0.05) is 12.6 Å². The average Bonchev–Trinajstić information content (AvgIpc) is 2.75. The number of hydrogen-bond acceptors (Lipinski definition) is 3. The molecule has 1 aromatic rings. The molecule has 1 fully saturated rings. The molecule has 2 rings (SSSR count). The predicted molar refractivity (Wildman–Crippen MR) is 60.9 cm³/mol. The number of rotatable bonds is 3. The highest BCUT2D eigenvalue weighted by molar-refractivity contribution is 5.09. The highest BCUT2D eigenvalue weighted by Crippen LogP contribution is 2.18. The summed E-state index contributed by atoms with van der Waals surface area (Å²) in [6.07, 6.45) is 1.24. The van der Waals surface area contributed by atoms with Crippen LogP contribution in [0, 0.1) is 6.92 Å². The molecule has 0 amide bonds. The second-order valence-electron chi connectivity index (χ2n) is 4.58. The molecule has 2 heterocycles. The maximum atomic E-state index is 5.61. The Labute approximate surface area is 91.4 Å². The first-order valence-corrected chi connectivity index (χ1v) is 5.66. The zero-order valence-corrected chi connectivity index (χ0v) is 9.79. The molecule has 15 heavy (non-hydrogen) atoms. The summed E-state index contributed by atoms with van der Waals surface area (Å²) in [5.41, 5.74) is 0. The molecule has 0 spiro atoms. The molecule has 1 aliphatic rings. The Morgan fingerprint density at radius 3 is 2.87 bits per heavy atom. The Morgan fingerprint density at radius 2 is 2.33 bits per heavy atom. The molecule has 0 saturated carbocycles. The summed E-state index contributed by atoms with van der Waals surface area (Å²) >= 11 is 0. The van der Waals surface area contributed by atoms with E-state index in [1.54, 1.807) is 0 Å². The molecule has 3 nitrogen and oxygen atoms in total. The van der Waals surface area contributed by atoms with Crippen molar-refractivity contribution in [3.05, 3.63) is 23.7 Å². The van der Waals surface area contributed by atoms with Crippen molar-refractivity contribution < 1.29 is 4.42 Å². The maximum absolute atomic E-state index is 5.61. The van der Waals surface area contributed by atoms with Gasteiger partial charge in [0.15, 0.2) is 0 Å². The van der Waals surface area contributed by atoms with Crippen LogP contribution in [0.25, 0.3) is 0 Å². The number of nitrogens with zero attached hydrogens (tertiary/aromatic N) is 1. The topological polar surface area (TPSA) is 28.4 Å². The molecule has 1 aliphatic heterocycles. The predicted octanol–water partition coefficient (Wildman–Crippen LogP) is 1.94. The van der Waals surface area contributed by atoms with Gasteiger partial charge in [-0.1, -0.05) is 0 Å². The maximum Gasteiger partial charge on any atom is 0.120 e. The largest absolute Gasteiger partial charge is 0.465 e. The Kier molecular flexibility index (Phi) is 3.12. The lowest BCUT2D eigenvalue weighted by Crippen LogP contribution is -2.33. The van der Waals surface area contributed by atoms with Gasteiger partial charge >= 0.3 is 0 Å². The second kappa shape index (κ2) is 4.37. The van der Waals surface area contributed by atoms with E-state index in [4.69, 9.17) is 4.42 Å². The fourth-order valence-corrected chi connectivity index (χ4v) is 2.19. The SMILES string of the molecule is Cc1ccc(C(C)NC2CCN(C)C2)o1. The Morgan fingerprint density at radius 1 is 1.53 bits per heavy atom. The van der Waals surface area contributed by atoms with E-state index in [0.29, 0.717) is 12.1 Å². The normalized spacial score (nSPS) is 24.6. The van der Waals surface area contributed by atoms with Gasteiger partial charge < -0.3 is 14.6 Å². The van der Waals surface area contributed by atoms with Crippen LogP contribution >= 0.6 is 0 Å². The van der Waals surface area contributed by atoms with Crippen molar-refractivity contribution in [2.45, 2.75) is 32.4 Å². The van der Waals surface area contributed by atoms with Gasteiger partial charge in [-0.15, -0.1) is 0 Å². The van der Waals surface area contributed by atoms with Crippen molar-refractivity contribution >= 4 is 0 Å². The lowest BCUT2D eigenvalue weighted by atomic mass is 10.2. The Bertz CT molecular complexity index is 321. The monoisotopic (exact) mass is 208 g/mol. The highest BCUT2D eigenvalue weighted by atomic mass is 16.3. The molecule has 1 aromatic heterocycles. The summed E-state index contributed by atoms with van der Waals surface area (Å²) in [4.78, 5) is 2.36. The lowest BCUT2D eigenvalue weighted by molar-refractivity contribution is 0.361. The minimum absolute atomic E-state index is 0.315. The molecule has 0 aliphatic carbocycles. The van der Waals surface area contributed by atoms with Crippen molar-refractivity contribution in [3.8, 4) is 0 Å². The van der Waals surface area contributed by atoms with Gasteiger partial charge in [0.1, 0.15) is 11.5 Å². The Hall–Kier alpha value is -0.800. The second-order valence-corrected chi connectivity index (χ2v) is 4.58.